The zero-order chi connectivity index (χ0) is 16.4. The Hall–Kier alpha value is -2.65. The molecule has 1 aromatic heterocycles. The molecule has 0 spiro atoms. The highest BCUT2D eigenvalue weighted by Gasteiger charge is 2.20. The summed E-state index contributed by atoms with van der Waals surface area (Å²) in [5.41, 5.74) is 2.90. The zero-order valence-corrected chi connectivity index (χ0v) is 12.8. The molecule has 6 heteroatoms. The molecule has 2 aromatic rings. The number of nitrogens with zero attached hydrogens (tertiary/aromatic N) is 2. The van der Waals surface area contributed by atoms with Crippen LogP contribution in [0.3, 0.4) is 0 Å². The summed E-state index contributed by atoms with van der Waals surface area (Å²) in [5.74, 6) is -0.0168. The van der Waals surface area contributed by atoms with Crippen LogP contribution in [0.5, 0.6) is 0 Å². The van der Waals surface area contributed by atoms with Crippen molar-refractivity contribution in [2.24, 2.45) is 0 Å². The molecule has 0 aliphatic carbocycles. The molecule has 0 radical (unpaired) electrons. The first kappa shape index (κ1) is 15.3. The van der Waals surface area contributed by atoms with Gasteiger partial charge in [-0.15, -0.1) is 0 Å². The van der Waals surface area contributed by atoms with E-state index in [1.165, 1.54) is 0 Å². The van der Waals surface area contributed by atoms with Crippen LogP contribution < -0.4 is 5.32 Å². The third-order valence-corrected chi connectivity index (χ3v) is 4.23. The lowest BCUT2D eigenvalue weighted by Crippen LogP contribution is -2.32. The number of carbonyl (C=O) groups excluding carboxylic acids is 2. The molecule has 6 nitrogen and oxygen atoms in total. The van der Waals surface area contributed by atoms with Gasteiger partial charge in [0.15, 0.2) is 0 Å². The van der Waals surface area contributed by atoms with Gasteiger partial charge in [-0.05, 0) is 30.7 Å². The summed E-state index contributed by atoms with van der Waals surface area (Å²) in [6.07, 6.45) is 0.994. The molecule has 23 heavy (non-hydrogen) atoms. The summed E-state index contributed by atoms with van der Waals surface area (Å²) in [6, 6.07) is 7.61. The van der Waals surface area contributed by atoms with Gasteiger partial charge in [-0.2, -0.15) is 5.26 Å². The third kappa shape index (κ3) is 2.83. The largest absolute Gasteiger partial charge is 0.374 e. The first-order chi connectivity index (χ1) is 11.1. The first-order valence-electron chi connectivity index (χ1n) is 7.50. The van der Waals surface area contributed by atoms with Crippen LogP contribution >= 0.6 is 0 Å². The van der Waals surface area contributed by atoms with Crippen LogP contribution in [0.15, 0.2) is 18.2 Å². The monoisotopic (exact) mass is 311 g/mol. The average molecular weight is 311 g/mol. The van der Waals surface area contributed by atoms with Crippen LogP contribution in [0.25, 0.3) is 10.9 Å². The number of fused-ring (bicyclic) bond motifs is 1. The Morgan fingerprint density at radius 1 is 1.52 bits per heavy atom. The number of aldehydes is 1. The van der Waals surface area contributed by atoms with Crippen molar-refractivity contribution in [1.29, 1.82) is 5.26 Å². The van der Waals surface area contributed by atoms with Crippen LogP contribution in [0.4, 0.5) is 0 Å². The van der Waals surface area contributed by atoms with Gasteiger partial charge in [-0.25, -0.2) is 0 Å². The van der Waals surface area contributed by atoms with E-state index in [-0.39, 0.29) is 12.0 Å². The number of carbonyl (C=O) groups is 2. The van der Waals surface area contributed by atoms with Crippen LogP contribution in [-0.4, -0.2) is 36.0 Å². The van der Waals surface area contributed by atoms with Crippen molar-refractivity contribution in [1.82, 2.24) is 9.88 Å². The summed E-state index contributed by atoms with van der Waals surface area (Å²) in [7, 11) is 0. The van der Waals surface area contributed by atoms with Gasteiger partial charge in [0.1, 0.15) is 18.0 Å². The molecular formula is C17H17N3O3. The van der Waals surface area contributed by atoms with Crippen LogP contribution in [-0.2, 0) is 16.1 Å². The van der Waals surface area contributed by atoms with E-state index in [0.717, 1.165) is 22.8 Å². The van der Waals surface area contributed by atoms with Crippen molar-refractivity contribution in [2.75, 3.05) is 13.2 Å². The SMILES string of the molecule is Cc1c(C=O)ccc2c1cc(C#N)n2CC1CNC(=O)CCO1. The molecule has 1 amide bonds. The number of nitrogens with one attached hydrogen (secondary N) is 1. The molecule has 1 aromatic carbocycles. The minimum absolute atomic E-state index is 0.0168. The van der Waals surface area contributed by atoms with Crippen molar-refractivity contribution in [3.63, 3.8) is 0 Å². The molecule has 1 saturated heterocycles. The smallest absolute Gasteiger partial charge is 0.222 e. The number of aromatic nitrogens is 1. The Morgan fingerprint density at radius 2 is 2.35 bits per heavy atom. The molecule has 1 atom stereocenters. The Kier molecular flexibility index (Phi) is 4.13. The van der Waals surface area contributed by atoms with Gasteiger partial charge in [0.2, 0.25) is 5.91 Å². The van der Waals surface area contributed by atoms with E-state index in [4.69, 9.17) is 4.74 Å². The van der Waals surface area contributed by atoms with Crippen molar-refractivity contribution in [3.05, 3.63) is 35.0 Å². The Bertz CT molecular complexity index is 817. The number of hydrogen-bond acceptors (Lipinski definition) is 4. The number of rotatable bonds is 3. The van der Waals surface area contributed by atoms with Gasteiger partial charge in [0, 0.05) is 29.4 Å². The Balaban J connectivity index is 1.99. The number of benzene rings is 1. The minimum Gasteiger partial charge on any atom is -0.374 e. The van der Waals surface area contributed by atoms with Gasteiger partial charge in [-0.3, -0.25) is 9.59 Å². The number of amides is 1. The van der Waals surface area contributed by atoms with Gasteiger partial charge in [0.25, 0.3) is 0 Å². The zero-order valence-electron chi connectivity index (χ0n) is 12.8. The fraction of sp³-hybridized carbons (Fsp3) is 0.353. The lowest BCUT2D eigenvalue weighted by molar-refractivity contribution is -0.120. The van der Waals surface area contributed by atoms with Crippen molar-refractivity contribution >= 4 is 23.1 Å². The lowest BCUT2D eigenvalue weighted by Gasteiger charge is -2.17. The van der Waals surface area contributed by atoms with E-state index in [9.17, 15) is 14.9 Å². The maximum atomic E-state index is 11.4. The highest BCUT2D eigenvalue weighted by atomic mass is 16.5. The number of nitriles is 1. The molecule has 1 unspecified atom stereocenters. The second kappa shape index (κ2) is 6.23. The van der Waals surface area contributed by atoms with E-state index in [0.29, 0.717) is 37.4 Å². The fourth-order valence-electron chi connectivity index (χ4n) is 2.92. The van der Waals surface area contributed by atoms with E-state index >= 15 is 0 Å². The van der Waals surface area contributed by atoms with Gasteiger partial charge in [-0.1, -0.05) is 0 Å². The highest BCUT2D eigenvalue weighted by Crippen LogP contribution is 2.25. The number of ether oxygens (including phenoxy) is 1. The molecular weight excluding hydrogens is 294 g/mol. The molecule has 2 heterocycles. The van der Waals surface area contributed by atoms with Crippen LogP contribution in [0.2, 0.25) is 0 Å². The lowest BCUT2D eigenvalue weighted by atomic mass is 10.1. The second-order valence-electron chi connectivity index (χ2n) is 5.63. The van der Waals surface area contributed by atoms with Crippen molar-refractivity contribution < 1.29 is 14.3 Å². The third-order valence-electron chi connectivity index (χ3n) is 4.23. The van der Waals surface area contributed by atoms with Gasteiger partial charge in [0.05, 0.1) is 19.3 Å². The van der Waals surface area contributed by atoms with Crippen LogP contribution in [0.1, 0.15) is 28.0 Å². The second-order valence-corrected chi connectivity index (χ2v) is 5.63. The van der Waals surface area contributed by atoms with Gasteiger partial charge >= 0.3 is 0 Å². The fourth-order valence-corrected chi connectivity index (χ4v) is 2.92. The predicted octanol–water partition coefficient (Wildman–Crippen LogP) is 1.54. The predicted molar refractivity (Wildman–Crippen MR) is 84.1 cm³/mol. The summed E-state index contributed by atoms with van der Waals surface area (Å²) < 4.78 is 7.59. The maximum absolute atomic E-state index is 11.4. The van der Waals surface area contributed by atoms with Crippen molar-refractivity contribution in [2.45, 2.75) is 26.0 Å². The molecule has 1 fully saturated rings. The molecule has 1 aliphatic heterocycles. The topological polar surface area (TPSA) is 84.1 Å². The van der Waals surface area contributed by atoms with E-state index in [1.54, 1.807) is 12.1 Å². The standard InChI is InChI=1S/C17H17N3O3/c1-11-12(10-21)2-3-16-15(11)6-13(7-18)20(16)9-14-8-19-17(22)4-5-23-14/h2-3,6,10,14H,4-5,8-9H2,1H3,(H,19,22). The van der Waals surface area contributed by atoms with E-state index in [2.05, 4.69) is 11.4 Å². The first-order valence-corrected chi connectivity index (χ1v) is 7.50. The van der Waals surface area contributed by atoms with Gasteiger partial charge < -0.3 is 14.6 Å². The Labute approximate surface area is 133 Å². The van der Waals surface area contributed by atoms with E-state index in [1.807, 2.05) is 17.6 Å². The van der Waals surface area contributed by atoms with Crippen LogP contribution in [0, 0.1) is 18.3 Å². The maximum Gasteiger partial charge on any atom is 0.222 e. The van der Waals surface area contributed by atoms with Crippen molar-refractivity contribution in [3.8, 4) is 6.07 Å². The quantitative estimate of drug-likeness (QED) is 0.871. The molecule has 1 aliphatic rings. The normalized spacial score (nSPS) is 18.3. The highest BCUT2D eigenvalue weighted by molar-refractivity contribution is 5.92. The molecule has 0 bridgehead atoms. The summed E-state index contributed by atoms with van der Waals surface area (Å²) >= 11 is 0. The summed E-state index contributed by atoms with van der Waals surface area (Å²) in [4.78, 5) is 22.5. The minimum atomic E-state index is -0.185. The number of aryl methyl sites for hydroxylation is 1. The average Bonchev–Trinajstić information content (AvgIpc) is 2.78. The number of hydrogen-bond donors (Lipinski definition) is 1. The summed E-state index contributed by atoms with van der Waals surface area (Å²) in [6.45, 7) is 3.16. The summed E-state index contributed by atoms with van der Waals surface area (Å²) in [5, 5.41) is 13.1. The molecule has 0 saturated carbocycles. The Morgan fingerprint density at radius 3 is 3.09 bits per heavy atom. The molecule has 118 valence electrons. The van der Waals surface area contributed by atoms with E-state index < -0.39 is 0 Å². The molecule has 1 N–H and O–H groups in total. The molecule has 3 rings (SSSR count).